The molecular weight excluding hydrogens is 486 g/mol. The van der Waals surface area contributed by atoms with Crippen LogP contribution in [0.5, 0.6) is 17.2 Å². The van der Waals surface area contributed by atoms with Gasteiger partial charge in [-0.1, -0.05) is 41.4 Å². The van der Waals surface area contributed by atoms with Gasteiger partial charge in [-0.3, -0.25) is 9.59 Å². The maximum atomic E-state index is 13.4. The van der Waals surface area contributed by atoms with Crippen molar-refractivity contribution in [1.29, 1.82) is 0 Å². The van der Waals surface area contributed by atoms with Crippen LogP contribution < -0.4 is 4.74 Å². The minimum absolute atomic E-state index is 0.00889. The highest BCUT2D eigenvalue weighted by atomic mass is 33.1. The number of unbranched alkanes of at least 4 members (excludes halogenated alkanes) is 1. The number of nitrogens with one attached hydrogen (secondary N) is 1. The average molecular weight is 522 g/mol. The molecule has 0 aliphatic carbocycles. The van der Waals surface area contributed by atoms with Crippen LogP contribution in [-0.4, -0.2) is 51.7 Å². The van der Waals surface area contributed by atoms with E-state index in [0.29, 0.717) is 5.75 Å². The van der Waals surface area contributed by atoms with E-state index in [0.717, 1.165) is 36.1 Å². The third kappa shape index (κ3) is 7.36. The van der Waals surface area contributed by atoms with Crippen LogP contribution in [0.4, 0.5) is 0 Å². The third-order valence-corrected chi connectivity index (χ3v) is 9.04. The molecule has 0 unspecified atom stereocenters. The van der Waals surface area contributed by atoms with E-state index in [1.54, 1.807) is 27.7 Å². The number of aromatic hydroxyl groups is 2. The van der Waals surface area contributed by atoms with Crippen molar-refractivity contribution in [2.75, 3.05) is 18.6 Å². The molecular formula is C26H35NO6S2. The smallest absolute Gasteiger partial charge is 0.302 e. The van der Waals surface area contributed by atoms with E-state index >= 15 is 0 Å². The zero-order chi connectivity index (χ0) is 25.4. The first-order chi connectivity index (χ1) is 16.8. The SMILES string of the molecule is CCCC[C@@H]1[C@@H](OC(C)=O)CC(=O)C[C@@H](c2cc(O)c(O)c(OC)c2)CSSC[C@H]1c1cc[nH]c1. The second-order valence-corrected chi connectivity index (χ2v) is 11.6. The van der Waals surface area contributed by atoms with Crippen LogP contribution in [0.2, 0.25) is 0 Å². The van der Waals surface area contributed by atoms with Crippen molar-refractivity contribution in [3.8, 4) is 17.2 Å². The lowest BCUT2D eigenvalue weighted by molar-refractivity contribution is -0.151. The number of methoxy groups -OCH3 is 1. The number of rotatable bonds is 7. The summed E-state index contributed by atoms with van der Waals surface area (Å²) in [6.07, 6.45) is 6.68. The lowest BCUT2D eigenvalue weighted by Crippen LogP contribution is -2.34. The Kier molecular flexibility index (Phi) is 10.3. The van der Waals surface area contributed by atoms with E-state index in [9.17, 15) is 19.8 Å². The van der Waals surface area contributed by atoms with Gasteiger partial charge in [-0.15, -0.1) is 0 Å². The van der Waals surface area contributed by atoms with Crippen molar-refractivity contribution in [2.45, 2.75) is 63.9 Å². The first-order valence-corrected chi connectivity index (χ1v) is 14.5. The molecule has 1 aromatic heterocycles. The predicted molar refractivity (Wildman–Crippen MR) is 140 cm³/mol. The topological polar surface area (TPSA) is 109 Å². The van der Waals surface area contributed by atoms with Gasteiger partial charge < -0.3 is 24.7 Å². The van der Waals surface area contributed by atoms with E-state index in [1.807, 2.05) is 12.4 Å². The van der Waals surface area contributed by atoms with Crippen LogP contribution in [0.3, 0.4) is 0 Å². The first kappa shape index (κ1) is 27.3. The van der Waals surface area contributed by atoms with Gasteiger partial charge in [0, 0.05) is 61.4 Å². The van der Waals surface area contributed by atoms with Gasteiger partial charge >= 0.3 is 5.97 Å². The zero-order valence-corrected chi connectivity index (χ0v) is 22.1. The van der Waals surface area contributed by atoms with Crippen LogP contribution in [0.1, 0.15) is 68.9 Å². The lowest BCUT2D eigenvalue weighted by atomic mass is 9.79. The van der Waals surface area contributed by atoms with E-state index in [4.69, 9.17) is 9.47 Å². The summed E-state index contributed by atoms with van der Waals surface area (Å²) in [4.78, 5) is 28.6. The maximum absolute atomic E-state index is 13.4. The number of ether oxygens (including phenoxy) is 2. The Bertz CT molecular complexity index is 980. The lowest BCUT2D eigenvalue weighted by Gasteiger charge is -2.33. The molecule has 0 bridgehead atoms. The maximum Gasteiger partial charge on any atom is 0.302 e. The van der Waals surface area contributed by atoms with Crippen molar-refractivity contribution in [3.63, 3.8) is 0 Å². The number of esters is 1. The van der Waals surface area contributed by atoms with E-state index in [2.05, 4.69) is 18.0 Å². The number of hydrogen-bond acceptors (Lipinski definition) is 8. The minimum atomic E-state index is -0.501. The normalized spacial score (nSPS) is 23.9. The predicted octanol–water partition coefficient (Wildman–Crippen LogP) is 5.78. The summed E-state index contributed by atoms with van der Waals surface area (Å²) < 4.78 is 11.0. The van der Waals surface area contributed by atoms with Crippen LogP contribution in [-0.2, 0) is 14.3 Å². The molecule has 9 heteroatoms. The molecule has 1 aromatic carbocycles. The Morgan fingerprint density at radius 2 is 1.94 bits per heavy atom. The Labute approximate surface area is 214 Å². The largest absolute Gasteiger partial charge is 0.504 e. The number of phenols is 2. The summed E-state index contributed by atoms with van der Waals surface area (Å²) in [5.41, 5.74) is 1.89. The third-order valence-electron chi connectivity index (χ3n) is 6.52. The summed E-state index contributed by atoms with van der Waals surface area (Å²) in [6, 6.07) is 5.24. The molecule has 0 radical (unpaired) electrons. The summed E-state index contributed by atoms with van der Waals surface area (Å²) in [5.74, 6) is 0.668. The standard InChI is InChI=1S/C26H35NO6S2/c1-4-5-6-21-22(17-7-8-27-13-17)15-35-34-14-19(9-20(29)12-24(21)33-16(2)28)18-10-23(30)26(31)25(11-18)32-3/h7-8,10-11,13,19,21-22,24,27,30-31H,4-6,9,12,14-15H2,1-3H3/t19-,21+,22+,24+/m1/s1. The number of H-pyrrole nitrogens is 1. The van der Waals surface area contributed by atoms with Crippen molar-refractivity contribution >= 4 is 33.3 Å². The molecule has 0 spiro atoms. The Morgan fingerprint density at radius 1 is 1.17 bits per heavy atom. The Morgan fingerprint density at radius 3 is 2.60 bits per heavy atom. The zero-order valence-electron chi connectivity index (χ0n) is 20.5. The van der Waals surface area contributed by atoms with Gasteiger partial charge in [-0.2, -0.15) is 0 Å². The highest BCUT2D eigenvalue weighted by Gasteiger charge is 2.35. The fourth-order valence-corrected chi connectivity index (χ4v) is 7.49. The van der Waals surface area contributed by atoms with Crippen LogP contribution in [0, 0.1) is 5.92 Å². The fourth-order valence-electron chi connectivity index (χ4n) is 4.73. The van der Waals surface area contributed by atoms with Gasteiger partial charge in [0.15, 0.2) is 11.5 Å². The molecule has 4 atom stereocenters. The molecule has 35 heavy (non-hydrogen) atoms. The Balaban J connectivity index is 1.94. The molecule has 1 saturated heterocycles. The number of carbonyl (C=O) groups is 2. The fraction of sp³-hybridized carbons (Fsp3) is 0.538. The van der Waals surface area contributed by atoms with Crippen molar-refractivity contribution in [1.82, 2.24) is 4.98 Å². The molecule has 1 aliphatic rings. The summed E-state index contributed by atoms with van der Waals surface area (Å²) >= 11 is 0. The van der Waals surface area contributed by atoms with Gasteiger partial charge in [-0.25, -0.2) is 0 Å². The average Bonchev–Trinajstić information content (AvgIpc) is 3.34. The number of benzene rings is 1. The van der Waals surface area contributed by atoms with E-state index in [-0.39, 0.29) is 59.6 Å². The molecule has 3 rings (SSSR count). The number of ketones is 1. The molecule has 0 amide bonds. The number of aromatic nitrogens is 1. The number of hydrogen-bond donors (Lipinski definition) is 3. The summed E-state index contributed by atoms with van der Waals surface area (Å²) in [5, 5.41) is 20.2. The van der Waals surface area contributed by atoms with Gasteiger partial charge in [-0.05, 0) is 35.7 Å². The van der Waals surface area contributed by atoms with Gasteiger partial charge in [0.2, 0.25) is 5.75 Å². The molecule has 2 heterocycles. The van der Waals surface area contributed by atoms with Crippen LogP contribution >= 0.6 is 21.6 Å². The monoisotopic (exact) mass is 521 g/mol. The van der Waals surface area contributed by atoms with Crippen molar-refractivity contribution in [3.05, 3.63) is 41.7 Å². The molecule has 3 N–H and O–H groups in total. The first-order valence-electron chi connectivity index (χ1n) is 12.0. The molecule has 192 valence electrons. The highest BCUT2D eigenvalue weighted by molar-refractivity contribution is 8.76. The van der Waals surface area contributed by atoms with Crippen LogP contribution in [0.25, 0.3) is 0 Å². The quantitative estimate of drug-likeness (QED) is 0.239. The van der Waals surface area contributed by atoms with Gasteiger partial charge in [0.25, 0.3) is 0 Å². The second kappa shape index (κ2) is 13.2. The number of aromatic amines is 1. The van der Waals surface area contributed by atoms with Crippen molar-refractivity contribution in [2.24, 2.45) is 5.92 Å². The van der Waals surface area contributed by atoms with Crippen molar-refractivity contribution < 1.29 is 29.3 Å². The Hall–Kier alpha value is -2.26. The van der Waals surface area contributed by atoms with E-state index in [1.165, 1.54) is 20.1 Å². The highest BCUT2D eigenvalue weighted by Crippen LogP contribution is 2.44. The minimum Gasteiger partial charge on any atom is -0.504 e. The van der Waals surface area contributed by atoms with E-state index < -0.39 is 6.10 Å². The van der Waals surface area contributed by atoms with Gasteiger partial charge in [0.05, 0.1) is 7.11 Å². The number of carbonyl (C=O) groups excluding carboxylic acids is 2. The molecule has 1 aliphatic heterocycles. The van der Waals surface area contributed by atoms with Crippen LogP contribution in [0.15, 0.2) is 30.6 Å². The molecule has 2 aromatic rings. The summed E-state index contributed by atoms with van der Waals surface area (Å²) in [7, 11) is 4.87. The van der Waals surface area contributed by atoms with Gasteiger partial charge in [0.1, 0.15) is 11.9 Å². The second-order valence-electron chi connectivity index (χ2n) is 9.01. The number of Topliss-reactive ketones (excluding diaryl/α,β-unsaturated/α-hetero) is 1. The number of phenolic OH excluding ortho intramolecular Hbond substituents is 2. The molecule has 1 fully saturated rings. The molecule has 7 nitrogen and oxygen atoms in total. The molecule has 0 saturated carbocycles. The summed E-state index contributed by atoms with van der Waals surface area (Å²) in [6.45, 7) is 3.54.